The van der Waals surface area contributed by atoms with Gasteiger partial charge in [0.1, 0.15) is 5.82 Å². The van der Waals surface area contributed by atoms with Crippen LogP contribution >= 0.6 is 11.6 Å². The number of rotatable bonds is 6. The highest BCUT2D eigenvalue weighted by Gasteiger charge is 2.19. The summed E-state index contributed by atoms with van der Waals surface area (Å²) in [6.45, 7) is 1.23. The van der Waals surface area contributed by atoms with Gasteiger partial charge in [-0.15, -0.1) is 0 Å². The summed E-state index contributed by atoms with van der Waals surface area (Å²) in [5.41, 5.74) is 1.13. The first-order valence-electron chi connectivity index (χ1n) is 10.7. The molecule has 3 aromatic rings. The molecule has 3 heterocycles. The van der Waals surface area contributed by atoms with E-state index in [1.807, 2.05) is 24.3 Å². The zero-order chi connectivity index (χ0) is 23.5. The number of ether oxygens (including phenoxy) is 1. The second-order valence-corrected chi connectivity index (χ2v) is 8.36. The lowest BCUT2D eigenvalue weighted by atomic mass is 10.1. The van der Waals surface area contributed by atoms with Gasteiger partial charge < -0.3 is 29.9 Å². The van der Waals surface area contributed by atoms with Crippen LogP contribution in [-0.4, -0.2) is 53.4 Å². The van der Waals surface area contributed by atoms with Crippen molar-refractivity contribution >= 4 is 45.7 Å². The molecule has 1 aliphatic rings. The van der Waals surface area contributed by atoms with Crippen LogP contribution in [0.15, 0.2) is 41.2 Å². The minimum Gasteiger partial charge on any atom is -0.478 e. The number of carbonyl (C=O) groups is 1. The smallest absolute Gasteiger partial charge is 0.293 e. The molecule has 174 valence electrons. The second kappa shape index (κ2) is 9.68. The second-order valence-electron chi connectivity index (χ2n) is 7.95. The lowest BCUT2D eigenvalue weighted by Gasteiger charge is -2.30. The highest BCUT2D eigenvalue weighted by atomic mass is 35.5. The minimum atomic E-state index is -0.323. The van der Waals surface area contributed by atoms with E-state index in [2.05, 4.69) is 20.5 Å². The van der Waals surface area contributed by atoms with E-state index in [0.29, 0.717) is 23.7 Å². The molecule has 0 unspecified atom stereocenters. The monoisotopic (exact) mass is 471 g/mol. The van der Waals surface area contributed by atoms with Crippen molar-refractivity contribution in [3.05, 3.63) is 51.8 Å². The third-order valence-corrected chi connectivity index (χ3v) is 6.02. The number of piperidine rings is 1. The predicted octanol–water partition coefficient (Wildman–Crippen LogP) is 2.42. The summed E-state index contributed by atoms with van der Waals surface area (Å²) in [5.74, 6) is 1.08. The average Bonchev–Trinajstić information content (AvgIpc) is 2.82. The Labute approximate surface area is 195 Å². The predicted molar refractivity (Wildman–Crippen MR) is 129 cm³/mol. The van der Waals surface area contributed by atoms with E-state index >= 15 is 0 Å². The maximum Gasteiger partial charge on any atom is 0.293 e. The van der Waals surface area contributed by atoms with E-state index in [0.717, 1.165) is 35.5 Å². The Morgan fingerprint density at radius 1 is 1.24 bits per heavy atom. The number of nitrogens with zero attached hydrogens (tertiary/aromatic N) is 3. The Balaban J connectivity index is 1.61. The van der Waals surface area contributed by atoms with E-state index in [-0.39, 0.29) is 29.9 Å². The molecule has 0 bridgehead atoms. The van der Waals surface area contributed by atoms with E-state index < -0.39 is 0 Å². The number of aromatic nitrogens is 2. The molecule has 10 heteroatoms. The average molecular weight is 472 g/mol. The van der Waals surface area contributed by atoms with Crippen molar-refractivity contribution in [2.24, 2.45) is 7.05 Å². The van der Waals surface area contributed by atoms with Gasteiger partial charge in [-0.25, -0.2) is 4.98 Å². The summed E-state index contributed by atoms with van der Waals surface area (Å²) >= 11 is 6.40. The van der Waals surface area contributed by atoms with Crippen LogP contribution in [0.1, 0.15) is 12.8 Å². The van der Waals surface area contributed by atoms with Gasteiger partial charge in [-0.2, -0.15) is 0 Å². The first-order valence-corrected chi connectivity index (χ1v) is 11.1. The number of fused-ring (bicyclic) bond motifs is 1. The van der Waals surface area contributed by atoms with Crippen LogP contribution in [0.2, 0.25) is 5.02 Å². The SMILES string of the molecule is CNC(=O)COc1cc2cc(Nc3nc(N4CCC(O)CC4)ccc3Cl)ccc2n(C)c1=O. The van der Waals surface area contributed by atoms with Gasteiger partial charge in [-0.1, -0.05) is 11.6 Å². The summed E-state index contributed by atoms with van der Waals surface area (Å²) < 4.78 is 6.90. The highest BCUT2D eigenvalue weighted by Crippen LogP contribution is 2.29. The van der Waals surface area contributed by atoms with E-state index in [1.165, 1.54) is 11.6 Å². The molecule has 33 heavy (non-hydrogen) atoms. The van der Waals surface area contributed by atoms with Gasteiger partial charge in [0.05, 0.1) is 16.6 Å². The molecule has 0 atom stereocenters. The number of pyridine rings is 2. The van der Waals surface area contributed by atoms with E-state index in [4.69, 9.17) is 16.3 Å². The first kappa shape index (κ1) is 22.9. The number of likely N-dealkylation sites (N-methyl/N-ethyl adjacent to an activating group) is 1. The van der Waals surface area contributed by atoms with Crippen LogP contribution in [0.5, 0.6) is 5.75 Å². The number of halogens is 1. The van der Waals surface area contributed by atoms with Crippen LogP contribution in [0.3, 0.4) is 0 Å². The molecule has 0 saturated carbocycles. The summed E-state index contributed by atoms with van der Waals surface area (Å²) in [6.07, 6.45) is 1.16. The van der Waals surface area contributed by atoms with Crippen LogP contribution in [0, 0.1) is 0 Å². The number of aliphatic hydroxyl groups excluding tert-OH is 1. The number of amides is 1. The van der Waals surface area contributed by atoms with Gasteiger partial charge in [0.15, 0.2) is 18.2 Å². The van der Waals surface area contributed by atoms with E-state index in [9.17, 15) is 14.7 Å². The summed E-state index contributed by atoms with van der Waals surface area (Å²) in [4.78, 5) is 30.9. The Hall–Kier alpha value is -3.30. The number of hydrogen-bond donors (Lipinski definition) is 3. The molecule has 1 aromatic carbocycles. The number of hydrogen-bond acceptors (Lipinski definition) is 7. The number of benzene rings is 1. The van der Waals surface area contributed by atoms with Gasteiger partial charge in [0, 0.05) is 38.3 Å². The number of anilines is 3. The van der Waals surface area contributed by atoms with Gasteiger partial charge in [0.2, 0.25) is 0 Å². The largest absolute Gasteiger partial charge is 0.478 e. The topological polar surface area (TPSA) is 109 Å². The van der Waals surface area contributed by atoms with Gasteiger partial charge >= 0.3 is 0 Å². The van der Waals surface area contributed by atoms with Crippen molar-refractivity contribution in [1.29, 1.82) is 0 Å². The Morgan fingerprint density at radius 3 is 2.73 bits per heavy atom. The summed E-state index contributed by atoms with van der Waals surface area (Å²) in [7, 11) is 3.16. The van der Waals surface area contributed by atoms with Crippen molar-refractivity contribution in [3.8, 4) is 5.75 Å². The van der Waals surface area contributed by atoms with Crippen molar-refractivity contribution in [2.45, 2.75) is 18.9 Å². The molecule has 1 amide bonds. The number of aryl methyl sites for hydroxylation is 1. The fraction of sp³-hybridized carbons (Fsp3) is 0.348. The number of aliphatic hydroxyl groups is 1. The van der Waals surface area contributed by atoms with Crippen LogP contribution in [-0.2, 0) is 11.8 Å². The molecule has 4 rings (SSSR count). The molecule has 1 fully saturated rings. The summed E-state index contributed by atoms with van der Waals surface area (Å²) in [5, 5.41) is 16.7. The molecule has 3 N–H and O–H groups in total. The molecule has 2 aromatic heterocycles. The Kier molecular flexibility index (Phi) is 6.71. The quantitative estimate of drug-likeness (QED) is 0.506. The van der Waals surface area contributed by atoms with Crippen LogP contribution < -0.4 is 25.8 Å². The van der Waals surface area contributed by atoms with Gasteiger partial charge in [-0.3, -0.25) is 9.59 Å². The molecule has 0 aliphatic carbocycles. The van der Waals surface area contributed by atoms with Crippen LogP contribution in [0.4, 0.5) is 17.3 Å². The van der Waals surface area contributed by atoms with E-state index in [1.54, 1.807) is 19.2 Å². The Bertz CT molecular complexity index is 1240. The number of nitrogens with one attached hydrogen (secondary N) is 2. The zero-order valence-electron chi connectivity index (χ0n) is 18.5. The molecule has 0 spiro atoms. The van der Waals surface area contributed by atoms with Crippen molar-refractivity contribution in [2.75, 3.05) is 37.0 Å². The van der Waals surface area contributed by atoms with Crippen molar-refractivity contribution in [3.63, 3.8) is 0 Å². The van der Waals surface area contributed by atoms with Gasteiger partial charge in [0.25, 0.3) is 11.5 Å². The molecular weight excluding hydrogens is 446 g/mol. The normalized spacial score (nSPS) is 14.4. The standard InChI is InChI=1S/C23H26ClN5O4/c1-25-21(31)13-33-19-12-14-11-15(3-5-18(14)28(2)23(19)32)26-22-17(24)4-6-20(27-22)29-9-7-16(30)8-10-29/h3-6,11-12,16,30H,7-10,13H2,1-2H3,(H,25,31)(H,26,27). The summed E-state index contributed by atoms with van der Waals surface area (Å²) in [6, 6.07) is 10.8. The Morgan fingerprint density at radius 2 is 2.00 bits per heavy atom. The first-order chi connectivity index (χ1) is 15.9. The third-order valence-electron chi connectivity index (χ3n) is 5.71. The highest BCUT2D eigenvalue weighted by molar-refractivity contribution is 6.33. The van der Waals surface area contributed by atoms with Crippen molar-refractivity contribution < 1.29 is 14.6 Å². The molecular formula is C23H26ClN5O4. The van der Waals surface area contributed by atoms with Gasteiger partial charge in [-0.05, 0) is 49.2 Å². The van der Waals surface area contributed by atoms with Crippen molar-refractivity contribution in [1.82, 2.24) is 14.9 Å². The molecule has 0 radical (unpaired) electrons. The minimum absolute atomic E-state index is 0.0937. The van der Waals surface area contributed by atoms with Crippen LogP contribution in [0.25, 0.3) is 10.9 Å². The zero-order valence-corrected chi connectivity index (χ0v) is 19.2. The molecule has 1 aliphatic heterocycles. The number of carbonyl (C=O) groups excluding carboxylic acids is 1. The maximum absolute atomic E-state index is 12.6. The lowest BCUT2D eigenvalue weighted by Crippen LogP contribution is -2.36. The fourth-order valence-electron chi connectivity index (χ4n) is 3.78. The maximum atomic E-state index is 12.6. The third kappa shape index (κ3) is 5.04. The molecule has 1 saturated heterocycles. The fourth-order valence-corrected chi connectivity index (χ4v) is 3.93. The lowest BCUT2D eigenvalue weighted by molar-refractivity contribution is -0.122. The molecule has 9 nitrogen and oxygen atoms in total.